The Bertz CT molecular complexity index is 185. The lowest BCUT2D eigenvalue weighted by molar-refractivity contribution is 0.0305. The maximum atomic E-state index is 5.80. The number of nitrogens with two attached hydrogens (primary N) is 1. The maximum absolute atomic E-state index is 5.80. The van der Waals surface area contributed by atoms with Crippen LogP contribution < -0.4 is 5.73 Å². The highest BCUT2D eigenvalue weighted by Gasteiger charge is 2.45. The average Bonchev–Trinajstić information content (AvgIpc) is 2.30. The number of likely N-dealkylation sites (tertiary alicyclic amines) is 2. The maximum Gasteiger partial charge on any atom is 0.0139 e. The number of hydrogen-bond acceptors (Lipinski definition) is 3. The monoisotopic (exact) mass is 183 g/mol. The Morgan fingerprint density at radius 1 is 1.38 bits per heavy atom. The first kappa shape index (κ1) is 9.44. The molecular weight excluding hydrogens is 162 g/mol. The van der Waals surface area contributed by atoms with Crippen LogP contribution in [0.25, 0.3) is 0 Å². The summed E-state index contributed by atoms with van der Waals surface area (Å²) in [5.74, 6) is 0. The first-order valence-electron chi connectivity index (χ1n) is 5.26. The topological polar surface area (TPSA) is 32.5 Å². The molecule has 0 aromatic carbocycles. The Labute approximate surface area is 80.9 Å². The van der Waals surface area contributed by atoms with Crippen molar-refractivity contribution in [3.8, 4) is 0 Å². The zero-order valence-electron chi connectivity index (χ0n) is 8.79. The molecule has 13 heavy (non-hydrogen) atoms. The van der Waals surface area contributed by atoms with Crippen LogP contribution in [0.1, 0.15) is 13.3 Å². The summed E-state index contributed by atoms with van der Waals surface area (Å²) >= 11 is 0. The Kier molecular flexibility index (Phi) is 2.34. The van der Waals surface area contributed by atoms with Gasteiger partial charge in [0.2, 0.25) is 0 Å². The lowest BCUT2D eigenvalue weighted by Gasteiger charge is -2.46. The predicted octanol–water partition coefficient (Wildman–Crippen LogP) is -0.0289. The third-order valence-corrected chi connectivity index (χ3v) is 3.27. The van der Waals surface area contributed by atoms with Gasteiger partial charge in [-0.05, 0) is 26.9 Å². The Morgan fingerprint density at radius 2 is 2.08 bits per heavy atom. The van der Waals surface area contributed by atoms with E-state index < -0.39 is 0 Å². The zero-order valence-corrected chi connectivity index (χ0v) is 8.79. The quantitative estimate of drug-likeness (QED) is 0.652. The minimum atomic E-state index is 0.327. The van der Waals surface area contributed by atoms with E-state index in [0.717, 1.165) is 6.54 Å². The van der Waals surface area contributed by atoms with Crippen molar-refractivity contribution >= 4 is 0 Å². The normalized spacial score (nSPS) is 30.7. The molecular formula is C10H21N3. The van der Waals surface area contributed by atoms with Gasteiger partial charge in [0, 0.05) is 37.6 Å². The van der Waals surface area contributed by atoms with Gasteiger partial charge in [-0.2, -0.15) is 0 Å². The summed E-state index contributed by atoms with van der Waals surface area (Å²) < 4.78 is 0. The van der Waals surface area contributed by atoms with Gasteiger partial charge in [0.15, 0.2) is 0 Å². The largest absolute Gasteiger partial charge is 0.327 e. The summed E-state index contributed by atoms with van der Waals surface area (Å²) in [5, 5.41) is 0. The summed E-state index contributed by atoms with van der Waals surface area (Å²) in [4.78, 5) is 4.94. The summed E-state index contributed by atoms with van der Waals surface area (Å²) in [7, 11) is 2.21. The van der Waals surface area contributed by atoms with E-state index in [9.17, 15) is 0 Å². The van der Waals surface area contributed by atoms with Gasteiger partial charge in [-0.15, -0.1) is 0 Å². The van der Waals surface area contributed by atoms with Gasteiger partial charge in [0.1, 0.15) is 0 Å². The molecule has 2 saturated heterocycles. The average molecular weight is 183 g/mol. The van der Waals surface area contributed by atoms with Crippen molar-refractivity contribution in [3.05, 3.63) is 0 Å². The van der Waals surface area contributed by atoms with Gasteiger partial charge >= 0.3 is 0 Å². The summed E-state index contributed by atoms with van der Waals surface area (Å²) in [6.45, 7) is 8.29. The Morgan fingerprint density at radius 3 is 2.62 bits per heavy atom. The molecule has 3 heteroatoms. The third-order valence-electron chi connectivity index (χ3n) is 3.27. The predicted molar refractivity (Wildman–Crippen MR) is 54.6 cm³/mol. The number of nitrogens with zero attached hydrogens (tertiary/aromatic N) is 2. The van der Waals surface area contributed by atoms with Gasteiger partial charge in [0.05, 0.1) is 0 Å². The molecule has 2 fully saturated rings. The van der Waals surface area contributed by atoms with Gasteiger partial charge in [-0.1, -0.05) is 0 Å². The SMILES string of the molecule is CC(N)CN1CCC2(CN(C)C2)C1. The summed E-state index contributed by atoms with van der Waals surface area (Å²) in [5.41, 5.74) is 6.44. The van der Waals surface area contributed by atoms with E-state index in [0.29, 0.717) is 11.5 Å². The van der Waals surface area contributed by atoms with E-state index in [1.165, 1.54) is 32.6 Å². The fourth-order valence-electron chi connectivity index (χ4n) is 2.95. The molecule has 2 aliphatic rings. The highest BCUT2D eigenvalue weighted by atomic mass is 15.3. The van der Waals surface area contributed by atoms with Crippen LogP contribution in [0.3, 0.4) is 0 Å². The second kappa shape index (κ2) is 3.23. The molecule has 0 aromatic heterocycles. The van der Waals surface area contributed by atoms with Gasteiger partial charge in [0.25, 0.3) is 0 Å². The highest BCUT2D eigenvalue weighted by molar-refractivity contribution is 5.00. The van der Waals surface area contributed by atoms with E-state index in [1.54, 1.807) is 0 Å². The van der Waals surface area contributed by atoms with Gasteiger partial charge in [-0.3, -0.25) is 0 Å². The van der Waals surface area contributed by atoms with Crippen LogP contribution in [-0.4, -0.2) is 55.6 Å². The van der Waals surface area contributed by atoms with Crippen LogP contribution in [0.5, 0.6) is 0 Å². The third kappa shape index (κ3) is 1.87. The molecule has 3 nitrogen and oxygen atoms in total. The zero-order chi connectivity index (χ0) is 9.47. The molecule has 0 bridgehead atoms. The lowest BCUT2D eigenvalue weighted by atomic mass is 9.79. The molecule has 1 unspecified atom stereocenters. The van der Waals surface area contributed by atoms with Gasteiger partial charge < -0.3 is 15.5 Å². The molecule has 2 rings (SSSR count). The van der Waals surface area contributed by atoms with Crippen molar-refractivity contribution in [2.45, 2.75) is 19.4 Å². The second-order valence-electron chi connectivity index (χ2n) is 5.13. The van der Waals surface area contributed by atoms with Crippen molar-refractivity contribution in [3.63, 3.8) is 0 Å². The van der Waals surface area contributed by atoms with E-state index >= 15 is 0 Å². The summed E-state index contributed by atoms with van der Waals surface area (Å²) in [6, 6.07) is 0.327. The van der Waals surface area contributed by atoms with Crippen LogP contribution in [0.4, 0.5) is 0 Å². The fraction of sp³-hybridized carbons (Fsp3) is 1.00. The van der Waals surface area contributed by atoms with Crippen LogP contribution in [-0.2, 0) is 0 Å². The second-order valence-corrected chi connectivity index (χ2v) is 5.13. The van der Waals surface area contributed by atoms with Crippen molar-refractivity contribution in [1.82, 2.24) is 9.80 Å². The number of hydrogen-bond donors (Lipinski definition) is 1. The number of rotatable bonds is 2. The highest BCUT2D eigenvalue weighted by Crippen LogP contribution is 2.38. The first-order chi connectivity index (χ1) is 6.10. The Balaban J connectivity index is 1.81. The van der Waals surface area contributed by atoms with Crippen LogP contribution >= 0.6 is 0 Å². The van der Waals surface area contributed by atoms with E-state index in [-0.39, 0.29) is 0 Å². The molecule has 2 N–H and O–H groups in total. The van der Waals surface area contributed by atoms with Crippen molar-refractivity contribution in [2.24, 2.45) is 11.1 Å². The molecule has 76 valence electrons. The summed E-state index contributed by atoms with van der Waals surface area (Å²) in [6.07, 6.45) is 1.38. The first-order valence-corrected chi connectivity index (χ1v) is 5.26. The molecule has 0 aromatic rings. The molecule has 2 aliphatic heterocycles. The lowest BCUT2D eigenvalue weighted by Crippen LogP contribution is -2.55. The fourth-order valence-corrected chi connectivity index (χ4v) is 2.95. The molecule has 0 amide bonds. The van der Waals surface area contributed by atoms with Crippen molar-refractivity contribution in [2.75, 3.05) is 39.8 Å². The smallest absolute Gasteiger partial charge is 0.0139 e. The molecule has 0 radical (unpaired) electrons. The standard InChI is InChI=1S/C10H21N3/c1-9(11)5-13-4-3-10(8-13)6-12(2)7-10/h9H,3-8,11H2,1-2H3. The molecule has 2 heterocycles. The minimum Gasteiger partial charge on any atom is -0.327 e. The van der Waals surface area contributed by atoms with Crippen LogP contribution in [0.15, 0.2) is 0 Å². The van der Waals surface area contributed by atoms with Gasteiger partial charge in [-0.25, -0.2) is 0 Å². The molecule has 1 spiro atoms. The van der Waals surface area contributed by atoms with Crippen molar-refractivity contribution < 1.29 is 0 Å². The molecule has 0 saturated carbocycles. The minimum absolute atomic E-state index is 0.327. The molecule has 1 atom stereocenters. The van der Waals surface area contributed by atoms with E-state index in [2.05, 4.69) is 23.8 Å². The Hall–Kier alpha value is -0.120. The van der Waals surface area contributed by atoms with Crippen molar-refractivity contribution in [1.29, 1.82) is 0 Å². The van der Waals surface area contributed by atoms with Crippen LogP contribution in [0.2, 0.25) is 0 Å². The van der Waals surface area contributed by atoms with Crippen LogP contribution in [0, 0.1) is 5.41 Å². The van der Waals surface area contributed by atoms with E-state index in [1.807, 2.05) is 0 Å². The van der Waals surface area contributed by atoms with E-state index in [4.69, 9.17) is 5.73 Å². The molecule has 0 aliphatic carbocycles.